The van der Waals surface area contributed by atoms with Gasteiger partial charge in [0.2, 0.25) is 0 Å². The van der Waals surface area contributed by atoms with E-state index in [1.54, 1.807) is 26.0 Å². The number of carbonyl (C=O) groups is 1. The van der Waals surface area contributed by atoms with E-state index in [0.29, 0.717) is 40.7 Å². The second kappa shape index (κ2) is 12.9. The van der Waals surface area contributed by atoms with Crippen molar-refractivity contribution in [2.75, 3.05) is 9.44 Å². The van der Waals surface area contributed by atoms with Gasteiger partial charge in [-0.05, 0) is 80.1 Å². The van der Waals surface area contributed by atoms with Crippen molar-refractivity contribution in [1.82, 2.24) is 5.32 Å². The zero-order chi connectivity index (χ0) is 29.8. The van der Waals surface area contributed by atoms with Gasteiger partial charge in [0.05, 0.1) is 10.6 Å². The molecule has 1 aliphatic carbocycles. The van der Waals surface area contributed by atoms with Gasteiger partial charge in [-0.2, -0.15) is 0 Å². The summed E-state index contributed by atoms with van der Waals surface area (Å²) in [6, 6.07) is 12.9. The molecule has 9 nitrogen and oxygen atoms in total. The molecule has 0 saturated heterocycles. The average molecular weight is 620 g/mol. The lowest BCUT2D eigenvalue weighted by atomic mass is 9.85. The molecule has 1 aliphatic rings. The number of nitrogens with one attached hydrogen (secondary N) is 3. The molecule has 0 amide bonds. The monoisotopic (exact) mass is 619 g/mol. The number of sulfonamides is 2. The van der Waals surface area contributed by atoms with Crippen LogP contribution in [-0.4, -0.2) is 34.0 Å². The third kappa shape index (κ3) is 7.68. The maximum atomic E-state index is 13.2. The highest BCUT2D eigenvalue weighted by Crippen LogP contribution is 2.33. The third-order valence-corrected chi connectivity index (χ3v) is 12.3. The van der Waals surface area contributed by atoms with Crippen molar-refractivity contribution >= 4 is 48.7 Å². The maximum Gasteiger partial charge on any atom is 0.346 e. The summed E-state index contributed by atoms with van der Waals surface area (Å²) in [6.45, 7) is 5.81. The van der Waals surface area contributed by atoms with Gasteiger partial charge in [0.25, 0.3) is 20.0 Å². The van der Waals surface area contributed by atoms with Crippen LogP contribution in [0.25, 0.3) is 0 Å². The number of benzene rings is 2. The molecule has 41 heavy (non-hydrogen) atoms. The standard InChI is InChI=1S/C29H37N3O6S3/c1-19(17-22-9-5-4-6-10-22)30-18-23-11-7-8-12-26(23)32-40(35,36)25-15-13-24(14-16-25)31-41(37,38)29-21(3)20(2)27(39-29)28(33)34/h7-8,11-16,19,22,30-32H,4-6,9-10,17-18H2,1-3H3,(H,33,34)/t19-/m0/s1. The molecule has 0 unspecified atom stereocenters. The van der Waals surface area contributed by atoms with E-state index in [2.05, 4.69) is 21.7 Å². The first-order chi connectivity index (χ1) is 19.4. The zero-order valence-corrected chi connectivity index (χ0v) is 25.9. The van der Waals surface area contributed by atoms with Crippen molar-refractivity contribution in [1.29, 1.82) is 0 Å². The number of aromatic carboxylic acids is 1. The van der Waals surface area contributed by atoms with Crippen molar-refractivity contribution in [3.05, 3.63) is 70.1 Å². The largest absolute Gasteiger partial charge is 0.477 e. The van der Waals surface area contributed by atoms with E-state index >= 15 is 0 Å². The smallest absolute Gasteiger partial charge is 0.346 e. The van der Waals surface area contributed by atoms with E-state index in [4.69, 9.17) is 0 Å². The van der Waals surface area contributed by atoms with Crippen LogP contribution in [0.5, 0.6) is 0 Å². The van der Waals surface area contributed by atoms with Gasteiger partial charge in [0, 0.05) is 18.3 Å². The van der Waals surface area contributed by atoms with E-state index < -0.39 is 26.0 Å². The number of para-hydroxylation sites is 1. The van der Waals surface area contributed by atoms with Crippen LogP contribution >= 0.6 is 11.3 Å². The van der Waals surface area contributed by atoms with Crippen molar-refractivity contribution in [3.8, 4) is 0 Å². The summed E-state index contributed by atoms with van der Waals surface area (Å²) < 4.78 is 57.3. The second-order valence-electron chi connectivity index (χ2n) is 10.7. The SMILES string of the molecule is Cc1c(C(=O)O)sc(S(=O)(=O)Nc2ccc(S(=O)(=O)Nc3ccccc3CN[C@@H](C)CC3CCCCC3)cc2)c1C. The number of hydrogen-bond donors (Lipinski definition) is 4. The number of thiophene rings is 1. The van der Waals surface area contributed by atoms with Crippen LogP contribution in [0.3, 0.4) is 0 Å². The van der Waals surface area contributed by atoms with Gasteiger partial charge in [-0.3, -0.25) is 9.44 Å². The quantitative estimate of drug-likeness (QED) is 0.192. The molecular formula is C29H37N3O6S3. The lowest BCUT2D eigenvalue weighted by Crippen LogP contribution is -2.29. The highest BCUT2D eigenvalue weighted by molar-refractivity contribution is 7.94. The molecule has 3 aromatic rings. The van der Waals surface area contributed by atoms with Crippen LogP contribution in [0.4, 0.5) is 11.4 Å². The predicted molar refractivity (Wildman–Crippen MR) is 163 cm³/mol. The first kappa shape index (κ1) is 31.0. The molecule has 4 rings (SSSR count). The summed E-state index contributed by atoms with van der Waals surface area (Å²) in [5, 5.41) is 12.9. The van der Waals surface area contributed by atoms with Crippen molar-refractivity contribution < 1.29 is 26.7 Å². The summed E-state index contributed by atoms with van der Waals surface area (Å²) >= 11 is 0.683. The molecule has 1 aromatic heterocycles. The normalized spacial score (nSPS) is 15.4. The van der Waals surface area contributed by atoms with E-state index in [9.17, 15) is 26.7 Å². The Morgan fingerprint density at radius 2 is 1.59 bits per heavy atom. The van der Waals surface area contributed by atoms with Crippen LogP contribution in [-0.2, 0) is 26.6 Å². The summed E-state index contributed by atoms with van der Waals surface area (Å²) in [4.78, 5) is 11.4. The molecule has 1 heterocycles. The van der Waals surface area contributed by atoms with Crippen LogP contribution in [0, 0.1) is 19.8 Å². The number of rotatable bonds is 12. The molecule has 0 aliphatic heterocycles. The maximum absolute atomic E-state index is 13.2. The van der Waals surface area contributed by atoms with Crippen LogP contribution in [0.1, 0.15) is 71.8 Å². The Morgan fingerprint density at radius 1 is 0.927 bits per heavy atom. The molecule has 2 aromatic carbocycles. The molecule has 1 saturated carbocycles. The summed E-state index contributed by atoms with van der Waals surface area (Å²) in [7, 11) is -8.02. The van der Waals surface area contributed by atoms with E-state index in [1.165, 1.54) is 56.4 Å². The highest BCUT2D eigenvalue weighted by atomic mass is 32.2. The summed E-state index contributed by atoms with van der Waals surface area (Å²) in [5.74, 6) is -0.446. The Bertz CT molecular complexity index is 1590. The van der Waals surface area contributed by atoms with Gasteiger partial charge in [0.15, 0.2) is 0 Å². The van der Waals surface area contributed by atoms with Crippen LogP contribution in [0.2, 0.25) is 0 Å². The van der Waals surface area contributed by atoms with E-state index in [0.717, 1.165) is 17.9 Å². The fourth-order valence-corrected chi connectivity index (χ4v) is 9.10. The van der Waals surface area contributed by atoms with Crippen LogP contribution in [0.15, 0.2) is 57.6 Å². The number of anilines is 2. The van der Waals surface area contributed by atoms with Crippen LogP contribution < -0.4 is 14.8 Å². The Labute approximate surface area is 246 Å². The van der Waals surface area contributed by atoms with Crippen molar-refractivity contribution in [2.24, 2.45) is 5.92 Å². The molecule has 0 bridgehead atoms. The minimum Gasteiger partial charge on any atom is -0.477 e. The summed E-state index contributed by atoms with van der Waals surface area (Å²) in [6.07, 6.45) is 7.60. The van der Waals surface area contributed by atoms with Crippen molar-refractivity contribution in [3.63, 3.8) is 0 Å². The van der Waals surface area contributed by atoms with Gasteiger partial charge in [-0.15, -0.1) is 11.3 Å². The van der Waals surface area contributed by atoms with Crippen molar-refractivity contribution in [2.45, 2.75) is 81.0 Å². The van der Waals surface area contributed by atoms with Gasteiger partial charge in [-0.25, -0.2) is 21.6 Å². The first-order valence-corrected chi connectivity index (χ1v) is 17.5. The predicted octanol–water partition coefficient (Wildman–Crippen LogP) is 6.11. The minimum atomic E-state index is -4.07. The number of carboxylic acid groups (broad SMARTS) is 1. The Balaban J connectivity index is 1.42. The van der Waals surface area contributed by atoms with Gasteiger partial charge in [0.1, 0.15) is 9.09 Å². The minimum absolute atomic E-state index is 0.0230. The van der Waals surface area contributed by atoms with E-state index in [1.807, 2.05) is 12.1 Å². The molecule has 1 fully saturated rings. The molecule has 12 heteroatoms. The molecule has 222 valence electrons. The lowest BCUT2D eigenvalue weighted by Gasteiger charge is -2.25. The second-order valence-corrected chi connectivity index (χ2v) is 15.3. The van der Waals surface area contributed by atoms with Gasteiger partial charge in [-0.1, -0.05) is 50.3 Å². The molecule has 1 atom stereocenters. The summed E-state index contributed by atoms with van der Waals surface area (Å²) in [5.41, 5.74) is 2.22. The Hall–Kier alpha value is -2.93. The fraction of sp³-hybridized carbons (Fsp3) is 0.414. The highest BCUT2D eigenvalue weighted by Gasteiger charge is 2.26. The van der Waals surface area contributed by atoms with E-state index in [-0.39, 0.29) is 19.7 Å². The third-order valence-electron chi connectivity index (χ3n) is 7.57. The topological polar surface area (TPSA) is 142 Å². The number of carboxylic acids is 1. The number of hydrogen-bond acceptors (Lipinski definition) is 7. The first-order valence-electron chi connectivity index (χ1n) is 13.7. The Kier molecular flexibility index (Phi) is 9.78. The molecule has 4 N–H and O–H groups in total. The zero-order valence-electron chi connectivity index (χ0n) is 23.4. The Morgan fingerprint density at radius 3 is 2.22 bits per heavy atom. The van der Waals surface area contributed by atoms with Gasteiger partial charge >= 0.3 is 5.97 Å². The molecular weight excluding hydrogens is 583 g/mol. The van der Waals surface area contributed by atoms with Gasteiger partial charge < -0.3 is 10.4 Å². The molecule has 0 radical (unpaired) electrons. The fourth-order valence-electron chi connectivity index (χ4n) is 5.20. The molecule has 0 spiro atoms. The average Bonchev–Trinajstić information content (AvgIpc) is 3.24. The lowest BCUT2D eigenvalue weighted by molar-refractivity contribution is 0.0701.